The van der Waals surface area contributed by atoms with Crippen LogP contribution in [0.1, 0.15) is 25.3 Å². The first-order chi connectivity index (χ1) is 9.32. The smallest absolute Gasteiger partial charge is 0.306 e. The number of carboxylic acids is 1. The van der Waals surface area contributed by atoms with Crippen molar-refractivity contribution in [2.45, 2.75) is 26.7 Å². The molecule has 0 bridgehead atoms. The van der Waals surface area contributed by atoms with Crippen molar-refractivity contribution in [3.8, 4) is 0 Å². The summed E-state index contributed by atoms with van der Waals surface area (Å²) in [6, 6.07) is 2.27. The van der Waals surface area contributed by atoms with E-state index in [-0.39, 0.29) is 11.4 Å². The molecule has 0 aromatic heterocycles. The van der Waals surface area contributed by atoms with Crippen molar-refractivity contribution in [3.63, 3.8) is 0 Å². The molecule has 0 aliphatic carbocycles. The van der Waals surface area contributed by atoms with E-state index < -0.39 is 22.6 Å². The van der Waals surface area contributed by atoms with Gasteiger partial charge in [-0.1, -0.05) is 6.92 Å². The molecule has 20 heavy (non-hydrogen) atoms. The lowest BCUT2D eigenvalue weighted by atomic mass is 10.1. The first kappa shape index (κ1) is 15.9. The molecule has 0 spiro atoms. The predicted molar refractivity (Wildman–Crippen MR) is 72.3 cm³/mol. The summed E-state index contributed by atoms with van der Waals surface area (Å²) in [5, 5.41) is 22.4. The van der Waals surface area contributed by atoms with Gasteiger partial charge in [0.15, 0.2) is 0 Å². The number of benzene rings is 1. The van der Waals surface area contributed by atoms with Crippen molar-refractivity contribution in [2.24, 2.45) is 5.92 Å². The molecule has 0 heterocycles. The molecular weight excluding hydrogens is 267 g/mol. The van der Waals surface area contributed by atoms with E-state index in [9.17, 15) is 19.3 Å². The summed E-state index contributed by atoms with van der Waals surface area (Å²) in [6.45, 7) is 3.52. The molecule has 1 aromatic rings. The number of rotatable bonds is 7. The number of nitrogens with zero attached hydrogens (tertiary/aromatic N) is 1. The van der Waals surface area contributed by atoms with Crippen LogP contribution in [0.5, 0.6) is 0 Å². The average molecular weight is 284 g/mol. The highest BCUT2D eigenvalue weighted by Crippen LogP contribution is 2.27. The second kappa shape index (κ2) is 6.83. The van der Waals surface area contributed by atoms with Crippen LogP contribution in [-0.2, 0) is 4.79 Å². The van der Waals surface area contributed by atoms with Gasteiger partial charge in [-0.3, -0.25) is 14.9 Å². The zero-order valence-corrected chi connectivity index (χ0v) is 11.4. The molecule has 1 unspecified atom stereocenters. The third-order valence-corrected chi connectivity index (χ3v) is 3.02. The number of carbonyl (C=O) groups is 1. The Hall–Kier alpha value is -2.18. The van der Waals surface area contributed by atoms with Crippen molar-refractivity contribution in [2.75, 3.05) is 11.9 Å². The molecular formula is C13H17FN2O4. The first-order valence-electron chi connectivity index (χ1n) is 6.24. The van der Waals surface area contributed by atoms with Gasteiger partial charge in [0.1, 0.15) is 11.5 Å². The monoisotopic (exact) mass is 284 g/mol. The van der Waals surface area contributed by atoms with Gasteiger partial charge >= 0.3 is 5.97 Å². The number of nitrogens with one attached hydrogen (secondary N) is 1. The predicted octanol–water partition coefficient (Wildman–Crippen LogP) is 2.96. The minimum atomic E-state index is -0.867. The molecule has 0 saturated carbocycles. The SMILES string of the molecule is Cc1cc(NCCCC(C)C(=O)O)c([N+](=O)[O-])cc1F. The summed E-state index contributed by atoms with van der Waals surface area (Å²) in [4.78, 5) is 20.8. The fourth-order valence-corrected chi connectivity index (χ4v) is 1.72. The highest BCUT2D eigenvalue weighted by atomic mass is 19.1. The number of carboxylic acid groups (broad SMARTS) is 1. The molecule has 1 aromatic carbocycles. The van der Waals surface area contributed by atoms with Gasteiger partial charge in [0, 0.05) is 6.54 Å². The Morgan fingerprint density at radius 2 is 2.20 bits per heavy atom. The summed E-state index contributed by atoms with van der Waals surface area (Å²) in [7, 11) is 0. The summed E-state index contributed by atoms with van der Waals surface area (Å²) in [5.74, 6) is -1.95. The fraction of sp³-hybridized carbons (Fsp3) is 0.462. The van der Waals surface area contributed by atoms with Gasteiger partial charge in [-0.05, 0) is 31.4 Å². The standard InChI is InChI=1S/C13H17FN2O4/c1-8(13(17)18)4-3-5-15-11-6-9(2)10(14)7-12(11)16(19)20/h6-8,15H,3-5H2,1-2H3,(H,17,18). The van der Waals surface area contributed by atoms with Gasteiger partial charge in [-0.2, -0.15) is 0 Å². The first-order valence-corrected chi connectivity index (χ1v) is 6.24. The van der Waals surface area contributed by atoms with E-state index in [1.165, 1.54) is 13.0 Å². The number of nitro benzene ring substituents is 1. The van der Waals surface area contributed by atoms with E-state index in [1.54, 1.807) is 6.92 Å². The average Bonchev–Trinajstić information content (AvgIpc) is 2.37. The molecule has 6 nitrogen and oxygen atoms in total. The van der Waals surface area contributed by atoms with Crippen LogP contribution in [0.4, 0.5) is 15.8 Å². The molecule has 1 atom stereocenters. The number of nitro groups is 1. The Labute approximate surface area is 115 Å². The summed E-state index contributed by atoms with van der Waals surface area (Å²) in [6.07, 6.45) is 1.03. The topological polar surface area (TPSA) is 92.5 Å². The summed E-state index contributed by atoms with van der Waals surface area (Å²) in [5.41, 5.74) is 0.244. The Morgan fingerprint density at radius 3 is 2.75 bits per heavy atom. The Balaban J connectivity index is 2.66. The van der Waals surface area contributed by atoms with Crippen LogP contribution >= 0.6 is 0 Å². The van der Waals surface area contributed by atoms with E-state index in [4.69, 9.17) is 5.11 Å². The van der Waals surface area contributed by atoms with Crippen molar-refractivity contribution >= 4 is 17.3 Å². The second-order valence-corrected chi connectivity index (χ2v) is 4.68. The van der Waals surface area contributed by atoms with Crippen LogP contribution in [0.15, 0.2) is 12.1 Å². The van der Waals surface area contributed by atoms with Gasteiger partial charge in [0.05, 0.1) is 16.9 Å². The number of anilines is 1. The number of aliphatic carboxylic acids is 1. The summed E-state index contributed by atoms with van der Waals surface area (Å²) < 4.78 is 13.3. The lowest BCUT2D eigenvalue weighted by molar-refractivity contribution is -0.384. The second-order valence-electron chi connectivity index (χ2n) is 4.68. The molecule has 0 fully saturated rings. The van der Waals surface area contributed by atoms with Gasteiger partial charge in [0.25, 0.3) is 5.69 Å². The minimum Gasteiger partial charge on any atom is -0.481 e. The van der Waals surface area contributed by atoms with Crippen LogP contribution in [-0.4, -0.2) is 22.5 Å². The number of hydrogen-bond donors (Lipinski definition) is 2. The van der Waals surface area contributed by atoms with Crippen molar-refractivity contribution in [1.29, 1.82) is 0 Å². The molecule has 110 valence electrons. The lowest BCUT2D eigenvalue weighted by Gasteiger charge is -2.10. The number of aryl methyl sites for hydroxylation is 1. The Morgan fingerprint density at radius 1 is 1.55 bits per heavy atom. The fourth-order valence-electron chi connectivity index (χ4n) is 1.72. The Bertz CT molecular complexity index is 519. The van der Waals surface area contributed by atoms with E-state index in [0.29, 0.717) is 24.9 Å². The van der Waals surface area contributed by atoms with Crippen LogP contribution in [0.25, 0.3) is 0 Å². The molecule has 1 rings (SSSR count). The van der Waals surface area contributed by atoms with Crippen LogP contribution in [0.2, 0.25) is 0 Å². The molecule has 2 N–H and O–H groups in total. The molecule has 7 heteroatoms. The molecule has 0 aliphatic heterocycles. The normalized spacial score (nSPS) is 11.9. The highest BCUT2D eigenvalue weighted by Gasteiger charge is 2.17. The van der Waals surface area contributed by atoms with Gasteiger partial charge in [-0.25, -0.2) is 4.39 Å². The molecule has 0 radical (unpaired) electrons. The number of hydrogen-bond acceptors (Lipinski definition) is 4. The van der Waals surface area contributed by atoms with Crippen LogP contribution in [0.3, 0.4) is 0 Å². The van der Waals surface area contributed by atoms with E-state index in [2.05, 4.69) is 5.32 Å². The largest absolute Gasteiger partial charge is 0.481 e. The third-order valence-electron chi connectivity index (χ3n) is 3.02. The third kappa shape index (κ3) is 4.18. The maximum absolute atomic E-state index is 13.3. The van der Waals surface area contributed by atoms with Crippen LogP contribution in [0, 0.1) is 28.8 Å². The maximum Gasteiger partial charge on any atom is 0.306 e. The zero-order valence-electron chi connectivity index (χ0n) is 11.4. The van der Waals surface area contributed by atoms with Crippen LogP contribution < -0.4 is 5.32 Å². The van der Waals surface area contributed by atoms with E-state index in [0.717, 1.165) is 6.07 Å². The van der Waals surface area contributed by atoms with Gasteiger partial charge in [0.2, 0.25) is 0 Å². The summed E-state index contributed by atoms with van der Waals surface area (Å²) >= 11 is 0. The van der Waals surface area contributed by atoms with Gasteiger partial charge in [-0.15, -0.1) is 0 Å². The van der Waals surface area contributed by atoms with Crippen molar-refractivity contribution in [1.82, 2.24) is 0 Å². The zero-order chi connectivity index (χ0) is 15.3. The molecule has 0 saturated heterocycles. The van der Waals surface area contributed by atoms with E-state index in [1.807, 2.05) is 0 Å². The van der Waals surface area contributed by atoms with E-state index >= 15 is 0 Å². The van der Waals surface area contributed by atoms with Crippen molar-refractivity contribution < 1.29 is 19.2 Å². The highest BCUT2D eigenvalue weighted by molar-refractivity contribution is 5.69. The van der Waals surface area contributed by atoms with Gasteiger partial charge < -0.3 is 10.4 Å². The Kier molecular flexibility index (Phi) is 5.42. The number of halogens is 1. The lowest BCUT2D eigenvalue weighted by Crippen LogP contribution is -2.12. The molecule has 0 aliphatic rings. The quantitative estimate of drug-likeness (QED) is 0.456. The maximum atomic E-state index is 13.3. The van der Waals surface area contributed by atoms with Crippen molar-refractivity contribution in [3.05, 3.63) is 33.6 Å². The minimum absolute atomic E-state index is 0.247. The molecule has 0 amide bonds.